The Labute approximate surface area is 118 Å². The Hall–Kier alpha value is -2.14. The van der Waals surface area contributed by atoms with Gasteiger partial charge in [-0.3, -0.25) is 10.1 Å². The first-order valence-electron chi connectivity index (χ1n) is 6.45. The fourth-order valence-corrected chi connectivity index (χ4v) is 1.84. The van der Waals surface area contributed by atoms with Crippen molar-refractivity contribution in [3.8, 4) is 5.69 Å². The van der Waals surface area contributed by atoms with Crippen LogP contribution in [-0.4, -0.2) is 28.4 Å². The highest BCUT2D eigenvalue weighted by Crippen LogP contribution is 2.11. The van der Waals surface area contributed by atoms with Crippen molar-refractivity contribution in [2.24, 2.45) is 0 Å². The molecule has 0 saturated carbocycles. The third-order valence-corrected chi connectivity index (χ3v) is 3.14. The van der Waals surface area contributed by atoms with Gasteiger partial charge in [0.2, 0.25) is 0 Å². The van der Waals surface area contributed by atoms with Crippen LogP contribution in [0.4, 0.5) is 0 Å². The van der Waals surface area contributed by atoms with E-state index in [9.17, 15) is 4.79 Å². The van der Waals surface area contributed by atoms with Crippen LogP contribution in [0, 0.1) is 0 Å². The lowest BCUT2D eigenvalue weighted by atomic mass is 10.1. The standard InChI is InChI=1S/C15H19N3O2/c1-15(2,14(19)20-3)16-11-12-5-7-13(8-6-12)18-10-4-9-17-18/h4-10,16H,11H2,1-3H3. The molecule has 5 heteroatoms. The number of esters is 1. The summed E-state index contributed by atoms with van der Waals surface area (Å²) in [6.07, 6.45) is 3.64. The first kappa shape index (κ1) is 14.3. The monoisotopic (exact) mass is 273 g/mol. The molecule has 1 heterocycles. The van der Waals surface area contributed by atoms with Crippen LogP contribution in [0.15, 0.2) is 42.7 Å². The highest BCUT2D eigenvalue weighted by molar-refractivity contribution is 5.79. The number of benzene rings is 1. The van der Waals surface area contributed by atoms with Crippen LogP contribution in [0.5, 0.6) is 0 Å². The summed E-state index contributed by atoms with van der Waals surface area (Å²) in [7, 11) is 1.39. The van der Waals surface area contributed by atoms with Crippen molar-refractivity contribution >= 4 is 5.97 Å². The van der Waals surface area contributed by atoms with E-state index in [2.05, 4.69) is 10.4 Å². The first-order valence-corrected chi connectivity index (χ1v) is 6.45. The van der Waals surface area contributed by atoms with E-state index in [1.54, 1.807) is 24.7 Å². The van der Waals surface area contributed by atoms with Crippen LogP contribution >= 0.6 is 0 Å². The third kappa shape index (κ3) is 3.24. The Morgan fingerprint density at radius 2 is 2.05 bits per heavy atom. The van der Waals surface area contributed by atoms with E-state index >= 15 is 0 Å². The Balaban J connectivity index is 2.00. The quantitative estimate of drug-likeness (QED) is 0.846. The lowest BCUT2D eigenvalue weighted by Gasteiger charge is -2.23. The zero-order valence-corrected chi connectivity index (χ0v) is 12.0. The molecule has 0 bridgehead atoms. The summed E-state index contributed by atoms with van der Waals surface area (Å²) in [4.78, 5) is 11.6. The fourth-order valence-electron chi connectivity index (χ4n) is 1.84. The van der Waals surface area contributed by atoms with E-state index < -0.39 is 5.54 Å². The molecule has 1 N–H and O–H groups in total. The SMILES string of the molecule is COC(=O)C(C)(C)NCc1ccc(-n2cccn2)cc1. The number of hydrogen-bond donors (Lipinski definition) is 1. The minimum absolute atomic E-state index is 0.273. The maximum atomic E-state index is 11.6. The van der Waals surface area contributed by atoms with Crippen molar-refractivity contribution in [2.75, 3.05) is 7.11 Å². The summed E-state index contributed by atoms with van der Waals surface area (Å²) in [6, 6.07) is 9.90. The molecule has 0 spiro atoms. The molecule has 2 aromatic rings. The fraction of sp³-hybridized carbons (Fsp3) is 0.333. The summed E-state index contributed by atoms with van der Waals surface area (Å²) in [5, 5.41) is 7.36. The lowest BCUT2D eigenvalue weighted by molar-refractivity contribution is -0.147. The van der Waals surface area contributed by atoms with Crippen LogP contribution in [0.2, 0.25) is 0 Å². The highest BCUT2D eigenvalue weighted by atomic mass is 16.5. The first-order chi connectivity index (χ1) is 9.53. The van der Waals surface area contributed by atoms with Gasteiger partial charge in [-0.1, -0.05) is 12.1 Å². The van der Waals surface area contributed by atoms with E-state index in [0.717, 1.165) is 11.3 Å². The van der Waals surface area contributed by atoms with Crippen LogP contribution in [-0.2, 0) is 16.1 Å². The smallest absolute Gasteiger partial charge is 0.325 e. The molecule has 0 radical (unpaired) electrons. The molecule has 0 amide bonds. The van der Waals surface area contributed by atoms with Crippen LogP contribution in [0.3, 0.4) is 0 Å². The molecule has 0 aliphatic rings. The molecule has 1 aromatic carbocycles. The molecule has 0 fully saturated rings. The Morgan fingerprint density at radius 3 is 2.60 bits per heavy atom. The summed E-state index contributed by atoms with van der Waals surface area (Å²) >= 11 is 0. The Kier molecular flexibility index (Phi) is 4.20. The van der Waals surface area contributed by atoms with E-state index in [4.69, 9.17) is 4.74 Å². The molecule has 5 nitrogen and oxygen atoms in total. The van der Waals surface area contributed by atoms with Gasteiger partial charge in [-0.05, 0) is 37.6 Å². The van der Waals surface area contributed by atoms with Gasteiger partial charge in [0.15, 0.2) is 0 Å². The van der Waals surface area contributed by atoms with E-state index in [0.29, 0.717) is 6.54 Å². The molecule has 0 saturated heterocycles. The second-order valence-electron chi connectivity index (χ2n) is 5.09. The predicted molar refractivity (Wildman–Crippen MR) is 76.5 cm³/mol. The molecule has 1 aromatic heterocycles. The molecular formula is C15H19N3O2. The minimum atomic E-state index is -0.699. The largest absolute Gasteiger partial charge is 0.468 e. The zero-order valence-electron chi connectivity index (χ0n) is 12.0. The molecule has 0 aliphatic carbocycles. The van der Waals surface area contributed by atoms with E-state index in [1.165, 1.54) is 7.11 Å². The molecule has 20 heavy (non-hydrogen) atoms. The van der Waals surface area contributed by atoms with Crippen LogP contribution in [0.25, 0.3) is 5.69 Å². The number of ether oxygens (including phenoxy) is 1. The van der Waals surface area contributed by atoms with Crippen molar-refractivity contribution in [3.63, 3.8) is 0 Å². The van der Waals surface area contributed by atoms with Gasteiger partial charge in [-0.2, -0.15) is 5.10 Å². The van der Waals surface area contributed by atoms with Crippen molar-refractivity contribution in [3.05, 3.63) is 48.3 Å². The lowest BCUT2D eigenvalue weighted by Crippen LogP contribution is -2.46. The number of carbonyl (C=O) groups excluding carboxylic acids is 1. The second-order valence-corrected chi connectivity index (χ2v) is 5.09. The number of nitrogens with one attached hydrogen (secondary N) is 1. The summed E-state index contributed by atoms with van der Waals surface area (Å²) in [5.41, 5.74) is 1.40. The Morgan fingerprint density at radius 1 is 1.35 bits per heavy atom. The van der Waals surface area contributed by atoms with Gasteiger partial charge >= 0.3 is 5.97 Å². The van der Waals surface area contributed by atoms with Gasteiger partial charge in [0.1, 0.15) is 5.54 Å². The van der Waals surface area contributed by atoms with Crippen molar-refractivity contribution in [1.29, 1.82) is 0 Å². The van der Waals surface area contributed by atoms with Gasteiger partial charge in [0, 0.05) is 18.9 Å². The van der Waals surface area contributed by atoms with Crippen molar-refractivity contribution in [1.82, 2.24) is 15.1 Å². The molecule has 2 rings (SSSR count). The number of aromatic nitrogens is 2. The van der Waals surface area contributed by atoms with E-state index in [1.807, 2.05) is 36.5 Å². The van der Waals surface area contributed by atoms with E-state index in [-0.39, 0.29) is 5.97 Å². The second kappa shape index (κ2) is 5.88. The van der Waals surface area contributed by atoms with Gasteiger partial charge in [0.25, 0.3) is 0 Å². The molecule has 0 atom stereocenters. The summed E-state index contributed by atoms with van der Waals surface area (Å²) in [6.45, 7) is 4.20. The van der Waals surface area contributed by atoms with Gasteiger partial charge in [0.05, 0.1) is 12.8 Å². The number of nitrogens with zero attached hydrogens (tertiary/aromatic N) is 2. The number of carbonyl (C=O) groups is 1. The summed E-state index contributed by atoms with van der Waals surface area (Å²) < 4.78 is 6.56. The van der Waals surface area contributed by atoms with Crippen LogP contribution in [0.1, 0.15) is 19.4 Å². The maximum absolute atomic E-state index is 11.6. The average molecular weight is 273 g/mol. The minimum Gasteiger partial charge on any atom is -0.468 e. The van der Waals surface area contributed by atoms with Gasteiger partial charge < -0.3 is 4.74 Å². The molecule has 0 aliphatic heterocycles. The Bertz CT molecular complexity index is 559. The molecule has 0 unspecified atom stereocenters. The number of hydrogen-bond acceptors (Lipinski definition) is 4. The number of methoxy groups -OCH3 is 1. The van der Waals surface area contributed by atoms with Gasteiger partial charge in [-0.25, -0.2) is 4.68 Å². The number of rotatable bonds is 5. The topological polar surface area (TPSA) is 56.1 Å². The predicted octanol–water partition coefficient (Wildman–Crippen LogP) is 1.91. The van der Waals surface area contributed by atoms with Crippen molar-refractivity contribution < 1.29 is 9.53 Å². The average Bonchev–Trinajstić information content (AvgIpc) is 2.99. The highest BCUT2D eigenvalue weighted by Gasteiger charge is 2.27. The third-order valence-electron chi connectivity index (χ3n) is 3.14. The normalized spacial score (nSPS) is 11.3. The summed E-state index contributed by atoms with van der Waals surface area (Å²) in [5.74, 6) is -0.273. The molecular weight excluding hydrogens is 254 g/mol. The maximum Gasteiger partial charge on any atom is 0.325 e. The van der Waals surface area contributed by atoms with Crippen LogP contribution < -0.4 is 5.32 Å². The molecule has 106 valence electrons. The zero-order chi connectivity index (χ0) is 14.6. The van der Waals surface area contributed by atoms with Gasteiger partial charge in [-0.15, -0.1) is 0 Å². The van der Waals surface area contributed by atoms with Crippen molar-refractivity contribution in [2.45, 2.75) is 25.9 Å².